The number of benzene rings is 2. The summed E-state index contributed by atoms with van der Waals surface area (Å²) in [6.45, 7) is 1.92. The largest absolute Gasteiger partial charge is 0.450 e. The highest BCUT2D eigenvalue weighted by Crippen LogP contribution is 2.41. The predicted molar refractivity (Wildman–Crippen MR) is 109 cm³/mol. The van der Waals surface area contributed by atoms with Gasteiger partial charge in [-0.05, 0) is 37.1 Å². The van der Waals surface area contributed by atoms with Crippen LogP contribution in [0.3, 0.4) is 0 Å². The highest BCUT2D eigenvalue weighted by atomic mass is 32.2. The molecule has 1 fully saturated rings. The Morgan fingerprint density at radius 1 is 1.10 bits per heavy atom. The van der Waals surface area contributed by atoms with Gasteiger partial charge in [-0.15, -0.1) is 0 Å². The van der Waals surface area contributed by atoms with E-state index in [1.807, 2.05) is 31.2 Å². The Morgan fingerprint density at radius 2 is 1.83 bits per heavy atom. The number of hydrogen-bond donors (Lipinski definition) is 0. The predicted octanol–water partition coefficient (Wildman–Crippen LogP) is 2.97. The first-order valence-electron chi connectivity index (χ1n) is 9.61. The Morgan fingerprint density at radius 3 is 2.50 bits per heavy atom. The first-order valence-corrected chi connectivity index (χ1v) is 11.4. The third kappa shape index (κ3) is 2.86. The lowest BCUT2D eigenvalue weighted by Gasteiger charge is -2.30. The van der Waals surface area contributed by atoms with Crippen molar-refractivity contribution in [3.63, 3.8) is 0 Å². The highest BCUT2D eigenvalue weighted by molar-refractivity contribution is 7.91. The van der Waals surface area contributed by atoms with Gasteiger partial charge in [0, 0.05) is 6.04 Å². The number of sulfone groups is 1. The highest BCUT2D eigenvalue weighted by Gasteiger charge is 2.48. The van der Waals surface area contributed by atoms with Crippen LogP contribution in [0.1, 0.15) is 39.7 Å². The molecular weight excluding hydrogens is 409 g/mol. The van der Waals surface area contributed by atoms with E-state index in [2.05, 4.69) is 0 Å². The van der Waals surface area contributed by atoms with Crippen molar-refractivity contribution in [2.24, 2.45) is 0 Å². The van der Waals surface area contributed by atoms with Gasteiger partial charge in [-0.2, -0.15) is 0 Å². The fourth-order valence-corrected chi connectivity index (χ4v) is 6.12. The van der Waals surface area contributed by atoms with Gasteiger partial charge in [0.2, 0.25) is 5.76 Å². The third-order valence-corrected chi connectivity index (χ3v) is 7.61. The zero-order chi connectivity index (χ0) is 21.2. The Balaban J connectivity index is 1.77. The lowest BCUT2D eigenvalue weighted by molar-refractivity contribution is 0.0662. The van der Waals surface area contributed by atoms with E-state index in [9.17, 15) is 22.4 Å². The average Bonchev–Trinajstić information content (AvgIpc) is 3.20. The summed E-state index contributed by atoms with van der Waals surface area (Å²) in [4.78, 5) is 28.1. The van der Waals surface area contributed by atoms with Crippen molar-refractivity contribution < 1.29 is 22.0 Å². The second kappa shape index (κ2) is 6.50. The van der Waals surface area contributed by atoms with Crippen molar-refractivity contribution in [1.29, 1.82) is 0 Å². The number of nitrogens with zero attached hydrogens (tertiary/aromatic N) is 1. The zero-order valence-electron chi connectivity index (χ0n) is 16.1. The van der Waals surface area contributed by atoms with Crippen molar-refractivity contribution in [2.75, 3.05) is 11.5 Å². The molecule has 2 aliphatic heterocycles. The van der Waals surface area contributed by atoms with Crippen LogP contribution in [-0.4, -0.2) is 36.8 Å². The molecule has 2 aliphatic rings. The van der Waals surface area contributed by atoms with Gasteiger partial charge in [-0.3, -0.25) is 9.59 Å². The number of aryl methyl sites for hydroxylation is 1. The molecule has 5 rings (SSSR count). The Labute approximate surface area is 171 Å². The van der Waals surface area contributed by atoms with Crippen molar-refractivity contribution in [3.05, 3.63) is 81.0 Å². The molecule has 154 valence electrons. The van der Waals surface area contributed by atoms with E-state index in [-0.39, 0.29) is 33.8 Å². The molecular formula is C22H18FNO5S. The normalized spacial score (nSPS) is 22.6. The van der Waals surface area contributed by atoms with Gasteiger partial charge in [-0.1, -0.05) is 29.8 Å². The quantitative estimate of drug-likeness (QED) is 0.628. The molecule has 0 bridgehead atoms. The molecule has 1 aromatic heterocycles. The van der Waals surface area contributed by atoms with Crippen LogP contribution in [0.2, 0.25) is 0 Å². The zero-order valence-corrected chi connectivity index (χ0v) is 16.9. The summed E-state index contributed by atoms with van der Waals surface area (Å²) >= 11 is 0. The number of fused-ring (bicyclic) bond motifs is 2. The topological polar surface area (TPSA) is 84.7 Å². The summed E-state index contributed by atoms with van der Waals surface area (Å²) in [5.41, 5.74) is 1.46. The number of halogens is 1. The maximum absolute atomic E-state index is 13.8. The molecule has 2 aromatic carbocycles. The summed E-state index contributed by atoms with van der Waals surface area (Å²) in [5.74, 6) is -1.36. The van der Waals surface area contributed by atoms with Crippen LogP contribution in [0.15, 0.2) is 51.7 Å². The molecule has 1 saturated heterocycles. The van der Waals surface area contributed by atoms with Crippen LogP contribution < -0.4 is 5.43 Å². The van der Waals surface area contributed by atoms with Crippen LogP contribution in [0, 0.1) is 12.7 Å². The molecule has 6 nitrogen and oxygen atoms in total. The Bertz CT molecular complexity index is 1360. The second-order valence-electron chi connectivity index (χ2n) is 7.90. The second-order valence-corrected chi connectivity index (χ2v) is 10.1. The number of carbonyl (C=O) groups is 1. The Kier molecular flexibility index (Phi) is 4.12. The molecule has 0 radical (unpaired) electrons. The molecule has 3 aromatic rings. The smallest absolute Gasteiger partial charge is 0.291 e. The molecule has 2 unspecified atom stereocenters. The molecule has 3 heterocycles. The van der Waals surface area contributed by atoms with E-state index < -0.39 is 39.1 Å². The van der Waals surface area contributed by atoms with Crippen LogP contribution >= 0.6 is 0 Å². The first kappa shape index (κ1) is 19.0. The van der Waals surface area contributed by atoms with Crippen LogP contribution in [0.25, 0.3) is 11.0 Å². The monoisotopic (exact) mass is 427 g/mol. The minimum absolute atomic E-state index is 0.00697. The van der Waals surface area contributed by atoms with E-state index in [4.69, 9.17) is 4.42 Å². The van der Waals surface area contributed by atoms with Gasteiger partial charge in [0.1, 0.15) is 11.4 Å². The lowest BCUT2D eigenvalue weighted by atomic mass is 9.97. The maximum Gasteiger partial charge on any atom is 0.291 e. The molecule has 0 saturated carbocycles. The molecule has 0 spiro atoms. The molecule has 1 amide bonds. The van der Waals surface area contributed by atoms with Crippen molar-refractivity contribution in [1.82, 2.24) is 4.90 Å². The van der Waals surface area contributed by atoms with E-state index in [1.54, 1.807) is 0 Å². The molecule has 30 heavy (non-hydrogen) atoms. The van der Waals surface area contributed by atoms with Gasteiger partial charge in [0.05, 0.1) is 28.5 Å². The number of amides is 1. The lowest BCUT2D eigenvalue weighted by Crippen LogP contribution is -2.40. The summed E-state index contributed by atoms with van der Waals surface area (Å²) in [6, 6.07) is 9.60. The van der Waals surface area contributed by atoms with Gasteiger partial charge < -0.3 is 9.32 Å². The van der Waals surface area contributed by atoms with Crippen molar-refractivity contribution >= 4 is 26.7 Å². The molecule has 0 N–H and O–H groups in total. The van der Waals surface area contributed by atoms with Gasteiger partial charge in [0.25, 0.3) is 5.91 Å². The standard InChI is InChI=1S/C22H18FNO5S/c1-12-2-4-13(5-3-12)19-18-20(25)16-10-14(23)6-7-17(16)29-21(18)22(26)24(19)15-8-9-30(27,28)11-15/h2-7,10,15,19H,8-9,11H2,1H3. The fraction of sp³-hybridized carbons (Fsp3) is 0.273. The molecule has 2 atom stereocenters. The number of hydrogen-bond acceptors (Lipinski definition) is 5. The van der Waals surface area contributed by atoms with Gasteiger partial charge in [-0.25, -0.2) is 12.8 Å². The number of carbonyl (C=O) groups excluding carboxylic acids is 1. The number of rotatable bonds is 2. The Hall–Kier alpha value is -3.00. The summed E-state index contributed by atoms with van der Waals surface area (Å²) in [6.07, 6.45) is 0.298. The first-order chi connectivity index (χ1) is 14.2. The van der Waals surface area contributed by atoms with E-state index in [1.165, 1.54) is 11.0 Å². The summed E-state index contributed by atoms with van der Waals surface area (Å²) in [5, 5.41) is 0.0551. The molecule has 8 heteroatoms. The average molecular weight is 427 g/mol. The van der Waals surface area contributed by atoms with Crippen molar-refractivity contribution in [2.45, 2.75) is 25.4 Å². The molecule has 0 aliphatic carbocycles. The van der Waals surface area contributed by atoms with Gasteiger partial charge in [0.15, 0.2) is 15.3 Å². The third-order valence-electron chi connectivity index (χ3n) is 5.86. The van der Waals surface area contributed by atoms with Crippen LogP contribution in [-0.2, 0) is 9.84 Å². The minimum Gasteiger partial charge on any atom is -0.450 e. The van der Waals surface area contributed by atoms with Crippen molar-refractivity contribution in [3.8, 4) is 0 Å². The SMILES string of the molecule is Cc1ccc(C2c3c(oc4ccc(F)cc4c3=O)C(=O)N2C2CCS(=O)(=O)C2)cc1. The van der Waals surface area contributed by atoms with E-state index >= 15 is 0 Å². The fourth-order valence-electron chi connectivity index (χ4n) is 4.41. The van der Waals surface area contributed by atoms with E-state index in [0.717, 1.165) is 17.7 Å². The van der Waals surface area contributed by atoms with Gasteiger partial charge >= 0.3 is 0 Å². The van der Waals surface area contributed by atoms with Crippen LogP contribution in [0.4, 0.5) is 4.39 Å². The summed E-state index contributed by atoms with van der Waals surface area (Å²) in [7, 11) is -3.26. The maximum atomic E-state index is 13.8. The minimum atomic E-state index is -3.26. The van der Waals surface area contributed by atoms with Crippen LogP contribution in [0.5, 0.6) is 0 Å². The van der Waals surface area contributed by atoms with E-state index in [0.29, 0.717) is 12.0 Å². The summed E-state index contributed by atoms with van der Waals surface area (Å²) < 4.78 is 43.7.